The molecule has 0 radical (unpaired) electrons. The minimum Gasteiger partial charge on any atom is -0.376 e. The Balaban J connectivity index is 1.94. The summed E-state index contributed by atoms with van der Waals surface area (Å²) in [5.74, 6) is 0.352. The van der Waals surface area contributed by atoms with Gasteiger partial charge in [-0.2, -0.15) is 0 Å². The van der Waals surface area contributed by atoms with Crippen molar-refractivity contribution in [1.82, 2.24) is 19.1 Å². The van der Waals surface area contributed by atoms with Gasteiger partial charge in [0.25, 0.3) is 0 Å². The second-order valence-electron chi connectivity index (χ2n) is 6.02. The van der Waals surface area contributed by atoms with Crippen molar-refractivity contribution in [2.45, 2.75) is 50.2 Å². The molecule has 3 rings (SSSR count). The molecule has 0 aromatic carbocycles. The lowest BCUT2D eigenvalue weighted by atomic mass is 10.2. The Kier molecular flexibility index (Phi) is 4.29. The SMILES string of the molecule is Cc1nc(S(=O)(=O)Cc2nccn2C)n(C[C@H]2CCCO2)c1C. The molecule has 1 fully saturated rings. The van der Waals surface area contributed by atoms with Gasteiger partial charge in [-0.1, -0.05) is 0 Å². The molecule has 1 atom stereocenters. The summed E-state index contributed by atoms with van der Waals surface area (Å²) >= 11 is 0. The van der Waals surface area contributed by atoms with E-state index in [0.717, 1.165) is 30.8 Å². The van der Waals surface area contributed by atoms with Crippen LogP contribution in [-0.2, 0) is 33.9 Å². The Bertz CT molecular complexity index is 801. The van der Waals surface area contributed by atoms with Gasteiger partial charge in [-0.15, -0.1) is 0 Å². The Morgan fingerprint density at radius 2 is 2.17 bits per heavy atom. The summed E-state index contributed by atoms with van der Waals surface area (Å²) in [5, 5.41) is 0.117. The first-order valence-corrected chi connectivity index (χ1v) is 9.38. The predicted molar refractivity (Wildman–Crippen MR) is 84.8 cm³/mol. The lowest BCUT2D eigenvalue weighted by Crippen LogP contribution is -2.21. The van der Waals surface area contributed by atoms with Crippen LogP contribution in [0.1, 0.15) is 30.1 Å². The van der Waals surface area contributed by atoms with Crippen molar-refractivity contribution < 1.29 is 13.2 Å². The lowest BCUT2D eigenvalue weighted by Gasteiger charge is -2.15. The highest BCUT2D eigenvalue weighted by Gasteiger charge is 2.28. The van der Waals surface area contributed by atoms with Crippen molar-refractivity contribution in [3.63, 3.8) is 0 Å². The second-order valence-corrected chi connectivity index (χ2v) is 7.91. The molecule has 2 aromatic rings. The summed E-state index contributed by atoms with van der Waals surface area (Å²) in [4.78, 5) is 8.43. The normalized spacial score (nSPS) is 18.7. The van der Waals surface area contributed by atoms with Crippen molar-refractivity contribution in [1.29, 1.82) is 0 Å². The summed E-state index contributed by atoms with van der Waals surface area (Å²) in [6.45, 7) is 5.01. The molecule has 8 heteroatoms. The van der Waals surface area contributed by atoms with Crippen LogP contribution in [0.4, 0.5) is 0 Å². The Morgan fingerprint density at radius 1 is 1.39 bits per heavy atom. The van der Waals surface area contributed by atoms with Crippen LogP contribution >= 0.6 is 0 Å². The molecule has 0 unspecified atom stereocenters. The van der Waals surface area contributed by atoms with Crippen LogP contribution in [0.5, 0.6) is 0 Å². The van der Waals surface area contributed by atoms with Crippen molar-refractivity contribution in [3.8, 4) is 0 Å². The van der Waals surface area contributed by atoms with Gasteiger partial charge >= 0.3 is 0 Å². The summed E-state index contributed by atoms with van der Waals surface area (Å²) < 4.78 is 34.8. The van der Waals surface area contributed by atoms with Crippen molar-refractivity contribution >= 4 is 9.84 Å². The first kappa shape index (κ1) is 16.2. The Hall–Kier alpha value is -1.67. The molecule has 0 N–H and O–H groups in total. The molecule has 0 spiro atoms. The number of sulfone groups is 1. The largest absolute Gasteiger partial charge is 0.376 e. The van der Waals surface area contributed by atoms with E-state index in [1.165, 1.54) is 0 Å². The molecule has 1 saturated heterocycles. The molecule has 7 nitrogen and oxygen atoms in total. The van der Waals surface area contributed by atoms with E-state index >= 15 is 0 Å². The van der Waals surface area contributed by atoms with Gasteiger partial charge in [0, 0.05) is 31.7 Å². The smallest absolute Gasteiger partial charge is 0.228 e. The molecule has 0 aliphatic carbocycles. The van der Waals surface area contributed by atoms with Crippen LogP contribution in [0.2, 0.25) is 0 Å². The van der Waals surface area contributed by atoms with Gasteiger partial charge in [0.2, 0.25) is 15.0 Å². The van der Waals surface area contributed by atoms with Crippen LogP contribution in [0.15, 0.2) is 17.6 Å². The zero-order valence-corrected chi connectivity index (χ0v) is 14.5. The van der Waals surface area contributed by atoms with E-state index in [1.807, 2.05) is 13.8 Å². The third-order valence-electron chi connectivity index (χ3n) is 4.35. The van der Waals surface area contributed by atoms with E-state index < -0.39 is 9.84 Å². The zero-order valence-electron chi connectivity index (χ0n) is 13.7. The predicted octanol–water partition coefficient (Wildman–Crippen LogP) is 1.39. The zero-order chi connectivity index (χ0) is 16.6. The molecule has 0 amide bonds. The minimum atomic E-state index is -3.57. The van der Waals surface area contributed by atoms with Crippen LogP contribution in [0, 0.1) is 13.8 Å². The minimum absolute atomic E-state index is 0.0596. The van der Waals surface area contributed by atoms with E-state index in [-0.39, 0.29) is 17.0 Å². The van der Waals surface area contributed by atoms with Crippen molar-refractivity contribution in [2.24, 2.45) is 7.05 Å². The molecular formula is C15H22N4O3S. The van der Waals surface area contributed by atoms with Gasteiger partial charge in [0.15, 0.2) is 0 Å². The van der Waals surface area contributed by atoms with E-state index in [0.29, 0.717) is 12.4 Å². The number of ether oxygens (including phenoxy) is 1. The van der Waals surface area contributed by atoms with Crippen LogP contribution in [0.3, 0.4) is 0 Å². The molecule has 0 bridgehead atoms. The number of rotatable bonds is 5. The number of hydrogen-bond donors (Lipinski definition) is 0. The first-order chi connectivity index (χ1) is 10.9. The highest BCUT2D eigenvalue weighted by molar-refractivity contribution is 7.90. The molecule has 1 aliphatic heterocycles. The number of hydrogen-bond acceptors (Lipinski definition) is 5. The molecule has 23 heavy (non-hydrogen) atoms. The van der Waals surface area contributed by atoms with E-state index in [1.54, 1.807) is 28.6 Å². The van der Waals surface area contributed by atoms with Gasteiger partial charge in [0.1, 0.15) is 11.6 Å². The number of nitrogens with zero attached hydrogens (tertiary/aromatic N) is 4. The average molecular weight is 338 g/mol. The van der Waals surface area contributed by atoms with E-state index in [2.05, 4.69) is 9.97 Å². The average Bonchev–Trinajstić information content (AvgIpc) is 3.19. The fraction of sp³-hybridized carbons (Fsp3) is 0.600. The molecule has 1 aliphatic rings. The summed E-state index contributed by atoms with van der Waals surface area (Å²) in [6.07, 6.45) is 5.37. The summed E-state index contributed by atoms with van der Waals surface area (Å²) in [6, 6.07) is 0. The number of aryl methyl sites for hydroxylation is 2. The summed E-state index contributed by atoms with van der Waals surface area (Å²) in [5.41, 5.74) is 1.61. The number of imidazole rings is 2. The highest BCUT2D eigenvalue weighted by Crippen LogP contribution is 2.22. The third kappa shape index (κ3) is 3.18. The Labute approximate surface area is 136 Å². The maximum Gasteiger partial charge on any atom is 0.228 e. The van der Waals surface area contributed by atoms with Crippen molar-refractivity contribution in [3.05, 3.63) is 29.6 Å². The maximum absolute atomic E-state index is 12.8. The van der Waals surface area contributed by atoms with E-state index in [9.17, 15) is 8.42 Å². The standard InChI is InChI=1S/C15H22N4O3S/c1-11-12(2)19(9-13-5-4-8-22-13)15(17-11)23(20,21)10-14-16-6-7-18(14)3/h6-7,13H,4-5,8-10H2,1-3H3/t13-/m1/s1. The maximum atomic E-state index is 12.8. The highest BCUT2D eigenvalue weighted by atomic mass is 32.2. The lowest BCUT2D eigenvalue weighted by molar-refractivity contribution is 0.0943. The molecule has 3 heterocycles. The van der Waals surface area contributed by atoms with Crippen LogP contribution in [0.25, 0.3) is 0 Å². The number of aromatic nitrogens is 4. The van der Waals surface area contributed by atoms with Gasteiger partial charge in [-0.05, 0) is 26.7 Å². The van der Waals surface area contributed by atoms with Gasteiger partial charge in [-0.3, -0.25) is 0 Å². The van der Waals surface area contributed by atoms with Crippen molar-refractivity contribution in [2.75, 3.05) is 6.61 Å². The second kappa shape index (κ2) is 6.09. The topological polar surface area (TPSA) is 79.0 Å². The van der Waals surface area contributed by atoms with Crippen LogP contribution in [-0.4, -0.2) is 40.2 Å². The molecule has 2 aromatic heterocycles. The molecular weight excluding hydrogens is 316 g/mol. The van der Waals surface area contributed by atoms with Crippen LogP contribution < -0.4 is 0 Å². The first-order valence-electron chi connectivity index (χ1n) is 7.73. The quantitative estimate of drug-likeness (QED) is 0.823. The van der Waals surface area contributed by atoms with E-state index in [4.69, 9.17) is 4.74 Å². The van der Waals surface area contributed by atoms with Gasteiger partial charge < -0.3 is 13.9 Å². The van der Waals surface area contributed by atoms with Gasteiger partial charge in [0.05, 0.1) is 18.3 Å². The Morgan fingerprint density at radius 3 is 2.78 bits per heavy atom. The third-order valence-corrected chi connectivity index (χ3v) is 5.86. The fourth-order valence-corrected chi connectivity index (χ4v) is 4.41. The molecule has 126 valence electrons. The van der Waals surface area contributed by atoms with Gasteiger partial charge in [-0.25, -0.2) is 18.4 Å². The molecule has 0 saturated carbocycles. The fourth-order valence-electron chi connectivity index (χ4n) is 2.84. The monoisotopic (exact) mass is 338 g/mol. The summed E-state index contributed by atoms with van der Waals surface area (Å²) in [7, 11) is -1.78.